The lowest BCUT2D eigenvalue weighted by Crippen LogP contribution is -1.95. The lowest BCUT2D eigenvalue weighted by Gasteiger charge is -2.07. The maximum Gasteiger partial charge on any atom is 0.222 e. The van der Waals surface area contributed by atoms with Gasteiger partial charge in [0.25, 0.3) is 0 Å². The number of phenols is 1. The summed E-state index contributed by atoms with van der Waals surface area (Å²) in [5, 5.41) is 9.56. The third-order valence-electron chi connectivity index (χ3n) is 2.07. The van der Waals surface area contributed by atoms with Crippen molar-refractivity contribution >= 4 is 0 Å². The minimum absolute atomic E-state index is 0.0797. The first-order valence-electron chi connectivity index (χ1n) is 5.35. The molecule has 0 bridgehead atoms. The van der Waals surface area contributed by atoms with E-state index >= 15 is 0 Å². The molecule has 2 rings (SSSR count). The highest BCUT2D eigenvalue weighted by Gasteiger charge is 2.04. The molecular formula is C13H13NO3. The second-order valence-corrected chi connectivity index (χ2v) is 3.32. The lowest BCUT2D eigenvalue weighted by molar-refractivity contribution is 0.319. The van der Waals surface area contributed by atoms with Gasteiger partial charge in [-0.05, 0) is 19.1 Å². The number of rotatable bonds is 4. The number of benzene rings is 1. The molecule has 4 heteroatoms. The van der Waals surface area contributed by atoms with Crippen LogP contribution in [0.5, 0.6) is 23.3 Å². The quantitative estimate of drug-likeness (QED) is 0.878. The van der Waals surface area contributed by atoms with Crippen LogP contribution >= 0.6 is 0 Å². The van der Waals surface area contributed by atoms with Crippen molar-refractivity contribution in [2.45, 2.75) is 6.92 Å². The molecule has 0 amide bonds. The summed E-state index contributed by atoms with van der Waals surface area (Å²) in [6.07, 6.45) is 0. The SMILES string of the molecule is CCOc1cccc(Oc2ccccc2O)n1. The molecule has 1 aromatic heterocycles. The van der Waals surface area contributed by atoms with Crippen LogP contribution < -0.4 is 9.47 Å². The minimum atomic E-state index is 0.0797. The van der Waals surface area contributed by atoms with E-state index in [0.29, 0.717) is 24.1 Å². The first-order chi connectivity index (χ1) is 8.29. The molecule has 0 saturated heterocycles. The lowest BCUT2D eigenvalue weighted by atomic mass is 10.3. The Labute approximate surface area is 99.5 Å². The van der Waals surface area contributed by atoms with Gasteiger partial charge in [-0.2, -0.15) is 4.98 Å². The fourth-order valence-corrected chi connectivity index (χ4v) is 1.34. The monoisotopic (exact) mass is 231 g/mol. The smallest absolute Gasteiger partial charge is 0.222 e. The molecule has 0 atom stereocenters. The highest BCUT2D eigenvalue weighted by molar-refractivity contribution is 5.40. The van der Waals surface area contributed by atoms with Gasteiger partial charge in [-0.15, -0.1) is 0 Å². The van der Waals surface area contributed by atoms with Crippen molar-refractivity contribution in [1.82, 2.24) is 4.98 Å². The maximum absolute atomic E-state index is 9.56. The third-order valence-corrected chi connectivity index (χ3v) is 2.07. The van der Waals surface area contributed by atoms with E-state index in [9.17, 15) is 5.11 Å². The van der Waals surface area contributed by atoms with Crippen LogP contribution in [0.2, 0.25) is 0 Å². The molecule has 4 nitrogen and oxygen atoms in total. The van der Waals surface area contributed by atoms with E-state index < -0.39 is 0 Å². The first kappa shape index (κ1) is 11.3. The molecule has 0 aliphatic heterocycles. The number of para-hydroxylation sites is 2. The van der Waals surface area contributed by atoms with Crippen LogP contribution in [-0.2, 0) is 0 Å². The van der Waals surface area contributed by atoms with Crippen LogP contribution in [0, 0.1) is 0 Å². The molecular weight excluding hydrogens is 218 g/mol. The van der Waals surface area contributed by atoms with E-state index in [1.54, 1.807) is 42.5 Å². The molecule has 2 aromatic rings. The summed E-state index contributed by atoms with van der Waals surface area (Å²) < 4.78 is 10.7. The second kappa shape index (κ2) is 5.21. The number of hydrogen-bond acceptors (Lipinski definition) is 4. The molecule has 0 radical (unpaired) electrons. The van der Waals surface area contributed by atoms with Crippen LogP contribution in [0.4, 0.5) is 0 Å². The summed E-state index contributed by atoms with van der Waals surface area (Å²) >= 11 is 0. The number of hydrogen-bond donors (Lipinski definition) is 1. The van der Waals surface area contributed by atoms with Gasteiger partial charge in [-0.25, -0.2) is 0 Å². The van der Waals surface area contributed by atoms with Crippen molar-refractivity contribution in [2.75, 3.05) is 6.61 Å². The highest BCUT2D eigenvalue weighted by Crippen LogP contribution is 2.29. The first-order valence-corrected chi connectivity index (χ1v) is 5.35. The summed E-state index contributed by atoms with van der Waals surface area (Å²) in [5.41, 5.74) is 0. The molecule has 0 fully saturated rings. The normalized spacial score (nSPS) is 9.94. The Kier molecular flexibility index (Phi) is 3.45. The van der Waals surface area contributed by atoms with Gasteiger partial charge in [-0.3, -0.25) is 0 Å². The Morgan fingerprint density at radius 2 is 1.82 bits per heavy atom. The van der Waals surface area contributed by atoms with Gasteiger partial charge in [0.05, 0.1) is 6.61 Å². The predicted molar refractivity (Wildman–Crippen MR) is 63.6 cm³/mol. The highest BCUT2D eigenvalue weighted by atomic mass is 16.5. The Hall–Kier alpha value is -2.23. The summed E-state index contributed by atoms with van der Waals surface area (Å²) in [7, 11) is 0. The van der Waals surface area contributed by atoms with Crippen LogP contribution in [0.25, 0.3) is 0 Å². The van der Waals surface area contributed by atoms with Crippen LogP contribution in [0.1, 0.15) is 6.92 Å². The zero-order valence-corrected chi connectivity index (χ0v) is 9.46. The number of nitrogens with zero attached hydrogens (tertiary/aromatic N) is 1. The van der Waals surface area contributed by atoms with Gasteiger partial charge in [0, 0.05) is 12.1 Å². The molecule has 17 heavy (non-hydrogen) atoms. The maximum atomic E-state index is 9.56. The van der Waals surface area contributed by atoms with Crippen LogP contribution in [0.3, 0.4) is 0 Å². The second-order valence-electron chi connectivity index (χ2n) is 3.32. The van der Waals surface area contributed by atoms with E-state index in [0.717, 1.165) is 0 Å². The Balaban J connectivity index is 2.18. The Bertz CT molecular complexity index is 500. The van der Waals surface area contributed by atoms with Crippen molar-refractivity contribution in [1.29, 1.82) is 0 Å². The van der Waals surface area contributed by atoms with Gasteiger partial charge >= 0.3 is 0 Å². The predicted octanol–water partition coefficient (Wildman–Crippen LogP) is 2.98. The molecule has 0 aliphatic carbocycles. The van der Waals surface area contributed by atoms with Gasteiger partial charge < -0.3 is 14.6 Å². The molecule has 0 saturated carbocycles. The number of phenolic OH excluding ortho intramolecular Hbond substituents is 1. The average molecular weight is 231 g/mol. The summed E-state index contributed by atoms with van der Waals surface area (Å²) in [6, 6.07) is 12.0. The topological polar surface area (TPSA) is 51.6 Å². The van der Waals surface area contributed by atoms with Crippen LogP contribution in [0.15, 0.2) is 42.5 Å². The van der Waals surface area contributed by atoms with Gasteiger partial charge in [-0.1, -0.05) is 18.2 Å². The van der Waals surface area contributed by atoms with Crippen molar-refractivity contribution in [3.05, 3.63) is 42.5 Å². The zero-order valence-electron chi connectivity index (χ0n) is 9.46. The third kappa shape index (κ3) is 2.87. The molecule has 0 unspecified atom stereocenters. The van der Waals surface area contributed by atoms with Crippen molar-refractivity contribution in [3.8, 4) is 23.3 Å². The van der Waals surface area contributed by atoms with E-state index in [-0.39, 0.29) is 5.75 Å². The van der Waals surface area contributed by atoms with E-state index in [1.165, 1.54) is 0 Å². The molecule has 0 spiro atoms. The van der Waals surface area contributed by atoms with Gasteiger partial charge in [0.15, 0.2) is 11.5 Å². The molecule has 88 valence electrons. The Morgan fingerprint density at radius 3 is 2.59 bits per heavy atom. The van der Waals surface area contributed by atoms with Crippen molar-refractivity contribution in [3.63, 3.8) is 0 Å². The largest absolute Gasteiger partial charge is 0.504 e. The zero-order chi connectivity index (χ0) is 12.1. The summed E-state index contributed by atoms with van der Waals surface area (Å²) in [5.74, 6) is 1.34. The average Bonchev–Trinajstić information content (AvgIpc) is 2.33. The molecule has 1 N–H and O–H groups in total. The van der Waals surface area contributed by atoms with Crippen molar-refractivity contribution in [2.24, 2.45) is 0 Å². The number of ether oxygens (including phenoxy) is 2. The minimum Gasteiger partial charge on any atom is -0.504 e. The Morgan fingerprint density at radius 1 is 1.06 bits per heavy atom. The standard InChI is InChI=1S/C13H13NO3/c1-2-16-12-8-5-9-13(14-12)17-11-7-4-3-6-10(11)15/h3-9,15H,2H2,1H3. The van der Waals surface area contributed by atoms with E-state index in [1.807, 2.05) is 6.92 Å². The molecule has 0 aliphatic rings. The van der Waals surface area contributed by atoms with Crippen molar-refractivity contribution < 1.29 is 14.6 Å². The van der Waals surface area contributed by atoms with E-state index in [2.05, 4.69) is 4.98 Å². The number of aromatic hydroxyl groups is 1. The van der Waals surface area contributed by atoms with Gasteiger partial charge in [0.2, 0.25) is 11.8 Å². The number of pyridine rings is 1. The molecule has 1 aromatic carbocycles. The van der Waals surface area contributed by atoms with Crippen LogP contribution in [-0.4, -0.2) is 16.7 Å². The number of aromatic nitrogens is 1. The summed E-state index contributed by atoms with van der Waals surface area (Å²) in [4.78, 5) is 4.14. The fraction of sp³-hybridized carbons (Fsp3) is 0.154. The fourth-order valence-electron chi connectivity index (χ4n) is 1.34. The van der Waals surface area contributed by atoms with E-state index in [4.69, 9.17) is 9.47 Å². The summed E-state index contributed by atoms with van der Waals surface area (Å²) in [6.45, 7) is 2.44. The van der Waals surface area contributed by atoms with Gasteiger partial charge in [0.1, 0.15) is 0 Å². The molecule has 1 heterocycles.